The Kier molecular flexibility index (Phi) is 3.99. The summed E-state index contributed by atoms with van der Waals surface area (Å²) in [6, 6.07) is 8.95. The predicted octanol–water partition coefficient (Wildman–Crippen LogP) is 2.39. The molecule has 2 aromatic rings. The van der Waals surface area contributed by atoms with E-state index in [0.717, 1.165) is 56.6 Å². The normalized spacial score (nSPS) is 27.5. The van der Waals surface area contributed by atoms with E-state index in [1.807, 2.05) is 28.8 Å². The van der Waals surface area contributed by atoms with Gasteiger partial charge in [0.1, 0.15) is 0 Å². The Morgan fingerprint density at radius 1 is 1.17 bits per heavy atom. The van der Waals surface area contributed by atoms with E-state index in [2.05, 4.69) is 16.8 Å². The van der Waals surface area contributed by atoms with Gasteiger partial charge in [-0.1, -0.05) is 19.1 Å². The second-order valence-corrected chi connectivity index (χ2v) is 6.99. The van der Waals surface area contributed by atoms with E-state index >= 15 is 0 Å². The Morgan fingerprint density at radius 2 is 1.96 bits per heavy atom. The van der Waals surface area contributed by atoms with Crippen LogP contribution >= 0.6 is 0 Å². The summed E-state index contributed by atoms with van der Waals surface area (Å²) < 4.78 is 7.54. The average Bonchev–Trinajstić information content (AvgIpc) is 2.91. The van der Waals surface area contributed by atoms with Gasteiger partial charge in [0.25, 0.3) is 0 Å². The van der Waals surface area contributed by atoms with Crippen LogP contribution in [0.2, 0.25) is 0 Å². The van der Waals surface area contributed by atoms with E-state index in [9.17, 15) is 4.79 Å². The van der Waals surface area contributed by atoms with Gasteiger partial charge in [0.15, 0.2) is 0 Å². The highest BCUT2D eigenvalue weighted by Crippen LogP contribution is 2.29. The molecule has 5 nitrogen and oxygen atoms in total. The molecule has 1 N–H and O–H groups in total. The largest absolute Gasteiger partial charge is 0.381 e. The Hall–Kier alpha value is -1.59. The molecule has 4 rings (SSSR count). The molecule has 2 unspecified atom stereocenters. The number of nitrogens with zero attached hydrogens (tertiary/aromatic N) is 2. The molecule has 0 saturated carbocycles. The first-order valence-corrected chi connectivity index (χ1v) is 8.75. The Bertz CT molecular complexity index is 727. The average molecular weight is 315 g/mol. The minimum absolute atomic E-state index is 0.0316. The number of para-hydroxylation sites is 2. The van der Waals surface area contributed by atoms with Crippen LogP contribution in [-0.4, -0.2) is 46.8 Å². The van der Waals surface area contributed by atoms with E-state index in [1.54, 1.807) is 0 Å². The molecule has 0 amide bonds. The van der Waals surface area contributed by atoms with Gasteiger partial charge in [0.05, 0.1) is 17.6 Å². The number of fused-ring (bicyclic) bond motifs is 1. The van der Waals surface area contributed by atoms with E-state index in [-0.39, 0.29) is 5.69 Å². The number of piperidine rings is 1. The number of H-pyrrole nitrogens is 1. The highest BCUT2D eigenvalue weighted by atomic mass is 16.5. The zero-order valence-electron chi connectivity index (χ0n) is 13.7. The fourth-order valence-electron chi connectivity index (χ4n) is 4.32. The maximum absolute atomic E-state index is 12.4. The van der Waals surface area contributed by atoms with Crippen molar-refractivity contribution in [3.8, 4) is 0 Å². The van der Waals surface area contributed by atoms with Crippen molar-refractivity contribution in [1.29, 1.82) is 0 Å². The van der Waals surface area contributed by atoms with Crippen LogP contribution < -0.4 is 5.69 Å². The molecule has 2 aliphatic heterocycles. The molecule has 23 heavy (non-hydrogen) atoms. The van der Waals surface area contributed by atoms with Gasteiger partial charge in [-0.25, -0.2) is 4.79 Å². The van der Waals surface area contributed by atoms with Gasteiger partial charge in [-0.2, -0.15) is 0 Å². The number of hydrogen-bond donors (Lipinski definition) is 1. The molecule has 5 heteroatoms. The topological polar surface area (TPSA) is 50.3 Å². The van der Waals surface area contributed by atoms with Crippen LogP contribution in [0.4, 0.5) is 0 Å². The number of aromatic amines is 1. The standard InChI is InChI=1S/C18H25N3O2/c1-13-12-23-11-8-16(13)20-9-6-14(7-10-20)21-17-5-3-2-4-15(17)19-18(21)22/h2-5,13-14,16H,6-12H2,1H3,(H,19,22). The second-order valence-electron chi connectivity index (χ2n) is 6.99. The summed E-state index contributed by atoms with van der Waals surface area (Å²) in [7, 11) is 0. The summed E-state index contributed by atoms with van der Waals surface area (Å²) in [4.78, 5) is 17.9. The minimum atomic E-state index is 0.0316. The van der Waals surface area contributed by atoms with E-state index in [1.165, 1.54) is 0 Å². The summed E-state index contributed by atoms with van der Waals surface area (Å²) in [6.07, 6.45) is 3.23. The number of likely N-dealkylation sites (tertiary alicyclic amines) is 1. The molecule has 3 heterocycles. The lowest BCUT2D eigenvalue weighted by Crippen LogP contribution is -2.48. The third-order valence-corrected chi connectivity index (χ3v) is 5.55. The van der Waals surface area contributed by atoms with Gasteiger partial charge in [0.2, 0.25) is 0 Å². The minimum Gasteiger partial charge on any atom is -0.381 e. The predicted molar refractivity (Wildman–Crippen MR) is 90.8 cm³/mol. The van der Waals surface area contributed by atoms with Crippen molar-refractivity contribution in [3.63, 3.8) is 0 Å². The monoisotopic (exact) mass is 315 g/mol. The van der Waals surface area contributed by atoms with Crippen molar-refractivity contribution in [3.05, 3.63) is 34.7 Å². The lowest BCUT2D eigenvalue weighted by Gasteiger charge is -2.42. The van der Waals surface area contributed by atoms with Gasteiger partial charge < -0.3 is 9.72 Å². The Balaban J connectivity index is 1.51. The fourth-order valence-corrected chi connectivity index (χ4v) is 4.32. The van der Waals surface area contributed by atoms with E-state index < -0.39 is 0 Å². The zero-order valence-corrected chi connectivity index (χ0v) is 13.7. The summed E-state index contributed by atoms with van der Waals surface area (Å²) >= 11 is 0. The van der Waals surface area contributed by atoms with Crippen molar-refractivity contribution in [2.45, 2.75) is 38.3 Å². The van der Waals surface area contributed by atoms with Crippen molar-refractivity contribution < 1.29 is 4.74 Å². The molecular weight excluding hydrogens is 290 g/mol. The smallest absolute Gasteiger partial charge is 0.326 e. The Morgan fingerprint density at radius 3 is 2.74 bits per heavy atom. The second kappa shape index (κ2) is 6.13. The molecule has 0 aliphatic carbocycles. The van der Waals surface area contributed by atoms with Crippen molar-refractivity contribution >= 4 is 11.0 Å². The molecule has 1 aromatic heterocycles. The van der Waals surface area contributed by atoms with Crippen LogP contribution in [0.5, 0.6) is 0 Å². The maximum Gasteiger partial charge on any atom is 0.326 e. The molecule has 0 bridgehead atoms. The van der Waals surface area contributed by atoms with Crippen molar-refractivity contribution in [2.75, 3.05) is 26.3 Å². The van der Waals surface area contributed by atoms with Crippen LogP contribution in [-0.2, 0) is 4.74 Å². The lowest BCUT2D eigenvalue weighted by molar-refractivity contribution is -0.0156. The number of hydrogen-bond acceptors (Lipinski definition) is 3. The molecule has 0 spiro atoms. The van der Waals surface area contributed by atoms with Gasteiger partial charge in [-0.05, 0) is 37.3 Å². The van der Waals surface area contributed by atoms with E-state index in [0.29, 0.717) is 18.0 Å². The first-order valence-electron chi connectivity index (χ1n) is 8.75. The number of ether oxygens (including phenoxy) is 1. The van der Waals surface area contributed by atoms with Crippen LogP contribution in [0.25, 0.3) is 11.0 Å². The van der Waals surface area contributed by atoms with Crippen molar-refractivity contribution in [1.82, 2.24) is 14.5 Å². The number of aromatic nitrogens is 2. The van der Waals surface area contributed by atoms with Gasteiger partial charge in [-0.15, -0.1) is 0 Å². The third-order valence-electron chi connectivity index (χ3n) is 5.55. The highest BCUT2D eigenvalue weighted by molar-refractivity contribution is 5.75. The van der Waals surface area contributed by atoms with Crippen molar-refractivity contribution in [2.24, 2.45) is 5.92 Å². The summed E-state index contributed by atoms with van der Waals surface area (Å²) in [5.41, 5.74) is 2.01. The van der Waals surface area contributed by atoms with Gasteiger partial charge in [0, 0.05) is 31.8 Å². The summed E-state index contributed by atoms with van der Waals surface area (Å²) in [5.74, 6) is 0.608. The van der Waals surface area contributed by atoms with Crippen LogP contribution in [0.1, 0.15) is 32.2 Å². The highest BCUT2D eigenvalue weighted by Gasteiger charge is 2.31. The first kappa shape index (κ1) is 15.0. The molecular formula is C18H25N3O2. The van der Waals surface area contributed by atoms with E-state index in [4.69, 9.17) is 4.74 Å². The molecule has 0 radical (unpaired) electrons. The molecule has 124 valence electrons. The van der Waals surface area contributed by atoms with Crippen LogP contribution in [0.15, 0.2) is 29.1 Å². The maximum atomic E-state index is 12.4. The first-order chi connectivity index (χ1) is 11.2. The fraction of sp³-hybridized carbons (Fsp3) is 0.611. The molecule has 2 aliphatic rings. The number of imidazole rings is 1. The molecule has 2 saturated heterocycles. The van der Waals surface area contributed by atoms with Crippen LogP contribution in [0, 0.1) is 5.92 Å². The quantitative estimate of drug-likeness (QED) is 0.926. The number of rotatable bonds is 2. The lowest BCUT2D eigenvalue weighted by atomic mass is 9.93. The molecule has 2 fully saturated rings. The van der Waals surface area contributed by atoms with Gasteiger partial charge in [-0.3, -0.25) is 9.47 Å². The molecule has 1 aromatic carbocycles. The number of nitrogens with one attached hydrogen (secondary N) is 1. The number of benzene rings is 1. The van der Waals surface area contributed by atoms with Crippen LogP contribution in [0.3, 0.4) is 0 Å². The zero-order chi connectivity index (χ0) is 15.8. The summed E-state index contributed by atoms with van der Waals surface area (Å²) in [6.45, 7) is 6.21. The molecule has 2 atom stereocenters. The third kappa shape index (κ3) is 2.72. The Labute approximate surface area is 136 Å². The summed E-state index contributed by atoms with van der Waals surface area (Å²) in [5, 5.41) is 0. The SMILES string of the molecule is CC1COCCC1N1CCC(n2c(=O)[nH]c3ccccc32)CC1. The van der Waals surface area contributed by atoms with Gasteiger partial charge >= 0.3 is 5.69 Å².